The molecule has 0 saturated carbocycles. The molecule has 2 aliphatic rings. The first kappa shape index (κ1) is 21.9. The molecule has 172 valence electrons. The van der Waals surface area contributed by atoms with Gasteiger partial charge in [0.25, 0.3) is 0 Å². The van der Waals surface area contributed by atoms with Crippen LogP contribution in [0.25, 0.3) is 22.4 Å². The highest BCUT2D eigenvalue weighted by Crippen LogP contribution is 2.39. The summed E-state index contributed by atoms with van der Waals surface area (Å²) in [4.78, 5) is 19.3. The van der Waals surface area contributed by atoms with Gasteiger partial charge in [-0.2, -0.15) is 5.10 Å². The maximum absolute atomic E-state index is 13.3. The second-order valence-electron chi connectivity index (χ2n) is 9.57. The van der Waals surface area contributed by atoms with Crippen LogP contribution < -0.4 is 0 Å². The molecular weight excluding hydrogens is 440 g/mol. The average molecular weight is 467 g/mol. The first-order valence-corrected chi connectivity index (χ1v) is 11.5. The summed E-state index contributed by atoms with van der Waals surface area (Å²) in [7, 11) is 0. The largest absolute Gasteiger partial charge is 0.444 e. The zero-order valence-electron chi connectivity index (χ0n) is 19.0. The zero-order valence-corrected chi connectivity index (χ0v) is 19.7. The number of hydrogen-bond acceptors (Lipinski definition) is 5. The van der Waals surface area contributed by atoms with Crippen molar-refractivity contribution in [3.63, 3.8) is 0 Å². The minimum Gasteiger partial charge on any atom is -0.444 e. The standard InChI is InChI=1S/C25H27ClN4O3/c1-25(2,3)33-24(31)29-12-21-22(16-7-9-27-10-8-16)23(17-5-4-6-19(26)11-17)28-30(21)13-20(29)18-14-32-15-18/h4-11,18,20H,12-15H2,1-3H3. The SMILES string of the molecule is CC(C)(C)OC(=O)N1Cc2c(-c3ccncc3)c(-c3cccc(Cl)c3)nn2CC1C1COC1. The summed E-state index contributed by atoms with van der Waals surface area (Å²) >= 11 is 6.31. The van der Waals surface area contributed by atoms with Gasteiger partial charge in [0.1, 0.15) is 11.3 Å². The van der Waals surface area contributed by atoms with E-state index in [2.05, 4.69) is 4.98 Å². The van der Waals surface area contributed by atoms with E-state index in [4.69, 9.17) is 26.2 Å². The van der Waals surface area contributed by atoms with Crippen LogP contribution in [-0.2, 0) is 22.6 Å². The van der Waals surface area contributed by atoms with Gasteiger partial charge in [0.05, 0.1) is 38.0 Å². The smallest absolute Gasteiger partial charge is 0.410 e. The molecular formula is C25H27ClN4O3. The summed E-state index contributed by atoms with van der Waals surface area (Å²) in [5, 5.41) is 5.67. The lowest BCUT2D eigenvalue weighted by Crippen LogP contribution is -2.55. The maximum atomic E-state index is 13.3. The quantitative estimate of drug-likeness (QED) is 0.541. The predicted molar refractivity (Wildman–Crippen MR) is 126 cm³/mol. The number of carbonyl (C=O) groups excluding carboxylic acids is 1. The zero-order chi connectivity index (χ0) is 23.2. The maximum Gasteiger partial charge on any atom is 0.410 e. The molecule has 1 aromatic carbocycles. The summed E-state index contributed by atoms with van der Waals surface area (Å²) in [6, 6.07) is 11.6. The molecule has 33 heavy (non-hydrogen) atoms. The van der Waals surface area contributed by atoms with E-state index in [1.807, 2.05) is 66.8 Å². The van der Waals surface area contributed by atoms with Gasteiger partial charge in [-0.1, -0.05) is 23.7 Å². The van der Waals surface area contributed by atoms with Crippen LogP contribution in [0, 0.1) is 5.92 Å². The molecule has 1 saturated heterocycles. The average Bonchev–Trinajstić information content (AvgIpc) is 3.10. The molecule has 4 heterocycles. The van der Waals surface area contributed by atoms with Crippen molar-refractivity contribution in [1.29, 1.82) is 0 Å². The number of amides is 1. The monoisotopic (exact) mass is 466 g/mol. The Kier molecular flexibility index (Phi) is 5.62. The summed E-state index contributed by atoms with van der Waals surface area (Å²) < 4.78 is 13.3. The number of pyridine rings is 1. The first-order chi connectivity index (χ1) is 15.8. The van der Waals surface area contributed by atoms with Crippen LogP contribution >= 0.6 is 11.6 Å². The van der Waals surface area contributed by atoms with Crippen molar-refractivity contribution in [2.45, 2.75) is 45.5 Å². The van der Waals surface area contributed by atoms with Crippen molar-refractivity contribution < 1.29 is 14.3 Å². The van der Waals surface area contributed by atoms with Crippen LogP contribution in [0.15, 0.2) is 48.8 Å². The molecule has 1 amide bonds. The fourth-order valence-corrected chi connectivity index (χ4v) is 4.61. The molecule has 1 fully saturated rings. The van der Waals surface area contributed by atoms with Crippen LogP contribution in [0.1, 0.15) is 26.5 Å². The summed E-state index contributed by atoms with van der Waals surface area (Å²) in [6.07, 6.45) is 3.23. The van der Waals surface area contributed by atoms with E-state index < -0.39 is 5.60 Å². The number of hydrogen-bond donors (Lipinski definition) is 0. The molecule has 0 spiro atoms. The number of halogens is 1. The number of ether oxygens (including phenoxy) is 2. The second kappa shape index (κ2) is 8.47. The molecule has 1 atom stereocenters. The summed E-state index contributed by atoms with van der Waals surface area (Å²) in [5.41, 5.74) is 4.15. The Bertz CT molecular complexity index is 1170. The molecule has 1 unspecified atom stereocenters. The van der Waals surface area contributed by atoms with Gasteiger partial charge in [0.2, 0.25) is 0 Å². The van der Waals surface area contributed by atoms with Gasteiger partial charge < -0.3 is 9.47 Å². The van der Waals surface area contributed by atoms with Crippen molar-refractivity contribution >= 4 is 17.7 Å². The Balaban J connectivity index is 1.63. The van der Waals surface area contributed by atoms with Crippen molar-refractivity contribution in [2.75, 3.05) is 13.2 Å². The molecule has 3 aromatic rings. The fourth-order valence-electron chi connectivity index (χ4n) is 4.42. The van der Waals surface area contributed by atoms with Crippen molar-refractivity contribution in [3.05, 3.63) is 59.5 Å². The first-order valence-electron chi connectivity index (χ1n) is 11.1. The highest BCUT2D eigenvalue weighted by molar-refractivity contribution is 6.30. The fraction of sp³-hybridized carbons (Fsp3) is 0.400. The third-order valence-corrected chi connectivity index (χ3v) is 6.28. The van der Waals surface area contributed by atoms with E-state index in [1.54, 1.807) is 12.4 Å². The van der Waals surface area contributed by atoms with Gasteiger partial charge >= 0.3 is 6.09 Å². The van der Waals surface area contributed by atoms with Gasteiger partial charge in [-0.15, -0.1) is 0 Å². The van der Waals surface area contributed by atoms with Gasteiger partial charge in [-0.05, 0) is 50.6 Å². The van der Waals surface area contributed by atoms with Crippen LogP contribution in [0.5, 0.6) is 0 Å². The van der Waals surface area contributed by atoms with E-state index in [0.717, 1.165) is 28.1 Å². The molecule has 5 rings (SSSR count). The molecule has 7 nitrogen and oxygen atoms in total. The third-order valence-electron chi connectivity index (χ3n) is 6.04. The van der Waals surface area contributed by atoms with Crippen molar-refractivity contribution in [2.24, 2.45) is 5.92 Å². The van der Waals surface area contributed by atoms with Crippen LogP contribution in [0.3, 0.4) is 0 Å². The Hall–Kier alpha value is -2.90. The molecule has 8 heteroatoms. The summed E-state index contributed by atoms with van der Waals surface area (Å²) in [6.45, 7) is 7.93. The Labute approximate surface area is 198 Å². The van der Waals surface area contributed by atoms with Crippen LogP contribution in [0.4, 0.5) is 4.79 Å². The van der Waals surface area contributed by atoms with E-state index in [-0.39, 0.29) is 18.1 Å². The Morgan fingerprint density at radius 3 is 2.55 bits per heavy atom. The highest BCUT2D eigenvalue weighted by atomic mass is 35.5. The normalized spacial score (nSPS) is 18.5. The van der Waals surface area contributed by atoms with Gasteiger partial charge in [-0.3, -0.25) is 14.6 Å². The minimum atomic E-state index is -0.574. The Morgan fingerprint density at radius 1 is 1.15 bits per heavy atom. The molecule has 0 radical (unpaired) electrons. The van der Waals surface area contributed by atoms with Gasteiger partial charge in [-0.25, -0.2) is 4.79 Å². The van der Waals surface area contributed by atoms with E-state index in [0.29, 0.717) is 31.3 Å². The number of fused-ring (bicyclic) bond motifs is 1. The van der Waals surface area contributed by atoms with Crippen LogP contribution in [-0.4, -0.2) is 50.6 Å². The van der Waals surface area contributed by atoms with E-state index >= 15 is 0 Å². The molecule has 0 N–H and O–H groups in total. The number of rotatable bonds is 3. The molecule has 0 aliphatic carbocycles. The minimum absolute atomic E-state index is 0.0431. The predicted octanol–water partition coefficient (Wildman–Crippen LogP) is 5.03. The lowest BCUT2D eigenvalue weighted by atomic mass is 9.93. The third kappa shape index (κ3) is 4.35. The van der Waals surface area contributed by atoms with Crippen LogP contribution in [0.2, 0.25) is 5.02 Å². The topological polar surface area (TPSA) is 69.5 Å². The van der Waals surface area contributed by atoms with E-state index in [1.165, 1.54) is 0 Å². The Morgan fingerprint density at radius 2 is 1.91 bits per heavy atom. The highest BCUT2D eigenvalue weighted by Gasteiger charge is 2.42. The molecule has 2 aliphatic heterocycles. The van der Waals surface area contributed by atoms with Gasteiger partial charge in [0, 0.05) is 34.5 Å². The number of benzene rings is 1. The molecule has 2 aromatic heterocycles. The second-order valence-corrected chi connectivity index (χ2v) is 10.0. The number of aromatic nitrogens is 3. The molecule has 0 bridgehead atoms. The van der Waals surface area contributed by atoms with Crippen molar-refractivity contribution in [1.82, 2.24) is 19.7 Å². The number of nitrogens with zero attached hydrogens (tertiary/aromatic N) is 4. The van der Waals surface area contributed by atoms with Gasteiger partial charge in [0.15, 0.2) is 0 Å². The number of carbonyl (C=O) groups is 1. The lowest BCUT2D eigenvalue weighted by Gasteiger charge is -2.43. The van der Waals surface area contributed by atoms with E-state index in [9.17, 15) is 4.79 Å². The lowest BCUT2D eigenvalue weighted by molar-refractivity contribution is -0.0872. The van der Waals surface area contributed by atoms with Crippen molar-refractivity contribution in [3.8, 4) is 22.4 Å². The summed E-state index contributed by atoms with van der Waals surface area (Å²) in [5.74, 6) is 0.258.